The van der Waals surface area contributed by atoms with E-state index >= 15 is 0 Å². The molecule has 0 radical (unpaired) electrons. The van der Waals surface area contributed by atoms with E-state index in [1.807, 2.05) is 30.3 Å². The quantitative estimate of drug-likeness (QED) is 0.370. The second-order valence-corrected chi connectivity index (χ2v) is 11.0. The van der Waals surface area contributed by atoms with Gasteiger partial charge in [0.25, 0.3) is 0 Å². The summed E-state index contributed by atoms with van der Waals surface area (Å²) < 4.78 is 48.2. The topological polar surface area (TPSA) is 99.3 Å². The molecule has 0 heterocycles. The number of nitrogens with zero attached hydrogens (tertiary/aromatic N) is 3. The molecule has 3 aromatic carbocycles. The van der Waals surface area contributed by atoms with Crippen molar-refractivity contribution in [3.63, 3.8) is 0 Å². The summed E-state index contributed by atoms with van der Waals surface area (Å²) in [7, 11) is 1.30. The predicted octanol–water partition coefficient (Wildman–Crippen LogP) is 2.83. The molecule has 0 saturated heterocycles. The number of para-hydroxylation sites is 1. The van der Waals surface area contributed by atoms with E-state index in [4.69, 9.17) is 4.74 Å². The number of hydrogen-bond acceptors (Lipinski definition) is 5. The minimum Gasteiger partial charge on any atom is -0.497 e. The van der Waals surface area contributed by atoms with Gasteiger partial charge in [0.05, 0.1) is 12.8 Å². The van der Waals surface area contributed by atoms with E-state index < -0.39 is 40.4 Å². The first kappa shape index (κ1) is 29.6. The van der Waals surface area contributed by atoms with Crippen LogP contribution in [0.5, 0.6) is 5.75 Å². The molecule has 9 nitrogen and oxygen atoms in total. The smallest absolute Gasteiger partial charge is 0.304 e. The normalized spacial score (nSPS) is 12.1. The Morgan fingerprint density at radius 3 is 2.21 bits per heavy atom. The molecule has 11 heteroatoms. The number of likely N-dealkylation sites (N-methyl/N-ethyl adjacent to an activating group) is 1. The molecule has 0 saturated carbocycles. The van der Waals surface area contributed by atoms with Gasteiger partial charge in [0, 0.05) is 34.1 Å². The molecule has 3 aromatic rings. The predicted molar refractivity (Wildman–Crippen MR) is 148 cm³/mol. The van der Waals surface area contributed by atoms with E-state index in [1.165, 1.54) is 51.4 Å². The van der Waals surface area contributed by atoms with Crippen molar-refractivity contribution in [2.45, 2.75) is 19.0 Å². The van der Waals surface area contributed by atoms with E-state index in [0.29, 0.717) is 15.6 Å². The number of halogens is 1. The molecular weight excluding hydrogens is 523 g/mol. The van der Waals surface area contributed by atoms with Gasteiger partial charge in [-0.15, -0.1) is 0 Å². The minimum absolute atomic E-state index is 0.0198. The third-order valence-corrected chi connectivity index (χ3v) is 7.95. The SMILES string of the molecule is CNC(=O)[C@@H](Cc1ccccc1)N(Cc1cccc(OC)c1)C(=O)CN(c1ccccc1F)S(=O)(=O)N(C)C. The fourth-order valence-electron chi connectivity index (χ4n) is 4.04. The lowest BCUT2D eigenvalue weighted by atomic mass is 10.0. The molecule has 208 valence electrons. The van der Waals surface area contributed by atoms with Gasteiger partial charge in [-0.2, -0.15) is 12.7 Å². The van der Waals surface area contributed by atoms with Crippen molar-refractivity contribution < 1.29 is 27.1 Å². The third kappa shape index (κ3) is 7.33. The van der Waals surface area contributed by atoms with Crippen LogP contribution in [0.15, 0.2) is 78.9 Å². The number of amides is 2. The van der Waals surface area contributed by atoms with Crippen molar-refractivity contribution in [1.82, 2.24) is 14.5 Å². The Kier molecular flexibility index (Phi) is 10.0. The Bertz CT molecular complexity index is 1390. The second-order valence-electron chi connectivity index (χ2n) is 8.94. The van der Waals surface area contributed by atoms with Crippen LogP contribution in [-0.4, -0.2) is 70.3 Å². The standard InChI is InChI=1S/C28H33FN4O5S/c1-30-28(35)26(18-21-11-6-5-7-12-21)32(19-22-13-10-14-23(17-22)38-4)27(34)20-33(39(36,37)31(2)3)25-16-9-8-15-24(25)29/h5-17,26H,18-20H2,1-4H3,(H,30,35)/t26-/m1/s1. The molecule has 0 aliphatic heterocycles. The lowest BCUT2D eigenvalue weighted by Crippen LogP contribution is -2.54. The molecule has 0 aliphatic rings. The summed E-state index contributed by atoms with van der Waals surface area (Å²) in [5, 5.41) is 2.61. The lowest BCUT2D eigenvalue weighted by molar-refractivity contribution is -0.139. The van der Waals surface area contributed by atoms with Crippen LogP contribution < -0.4 is 14.4 Å². The average molecular weight is 557 g/mol. The first-order chi connectivity index (χ1) is 18.6. The molecule has 0 bridgehead atoms. The van der Waals surface area contributed by atoms with Crippen molar-refractivity contribution in [3.05, 3.63) is 95.8 Å². The van der Waals surface area contributed by atoms with Crippen LogP contribution in [0.25, 0.3) is 0 Å². The van der Waals surface area contributed by atoms with Gasteiger partial charge < -0.3 is 15.0 Å². The van der Waals surface area contributed by atoms with Crippen LogP contribution in [0.4, 0.5) is 10.1 Å². The number of methoxy groups -OCH3 is 1. The van der Waals surface area contributed by atoms with Gasteiger partial charge in [-0.1, -0.05) is 54.6 Å². The van der Waals surface area contributed by atoms with Crippen molar-refractivity contribution >= 4 is 27.7 Å². The van der Waals surface area contributed by atoms with Gasteiger partial charge in [-0.3, -0.25) is 9.59 Å². The third-order valence-electron chi connectivity index (χ3n) is 6.14. The fraction of sp³-hybridized carbons (Fsp3) is 0.286. The van der Waals surface area contributed by atoms with Crippen molar-refractivity contribution in [1.29, 1.82) is 0 Å². The summed E-state index contributed by atoms with van der Waals surface area (Å²) in [5.41, 5.74) is 1.19. The van der Waals surface area contributed by atoms with Gasteiger partial charge >= 0.3 is 10.2 Å². The van der Waals surface area contributed by atoms with Crippen LogP contribution in [0.1, 0.15) is 11.1 Å². The van der Waals surface area contributed by atoms with Crippen LogP contribution >= 0.6 is 0 Å². The first-order valence-electron chi connectivity index (χ1n) is 12.2. The van der Waals surface area contributed by atoms with E-state index in [0.717, 1.165) is 15.9 Å². The summed E-state index contributed by atoms with van der Waals surface area (Å²) in [6, 6.07) is 20.5. The molecule has 2 amide bonds. The number of nitrogens with one attached hydrogen (secondary N) is 1. The Morgan fingerprint density at radius 1 is 0.949 bits per heavy atom. The Hall–Kier alpha value is -3.96. The molecule has 0 fully saturated rings. The maximum atomic E-state index is 14.8. The number of anilines is 1. The van der Waals surface area contributed by atoms with E-state index in [1.54, 1.807) is 24.3 Å². The fourth-order valence-corrected chi connectivity index (χ4v) is 5.11. The monoisotopic (exact) mass is 556 g/mol. The molecule has 1 N–H and O–H groups in total. The summed E-state index contributed by atoms with van der Waals surface area (Å²) in [6.45, 7) is -0.748. The Labute approximate surface area is 229 Å². The lowest BCUT2D eigenvalue weighted by Gasteiger charge is -2.34. The highest BCUT2D eigenvalue weighted by molar-refractivity contribution is 7.90. The molecule has 0 aliphatic carbocycles. The summed E-state index contributed by atoms with van der Waals surface area (Å²) in [6.07, 6.45) is 0.177. The zero-order chi connectivity index (χ0) is 28.6. The molecular formula is C28H33FN4O5S. The van der Waals surface area contributed by atoms with Crippen LogP contribution in [0, 0.1) is 5.82 Å². The maximum absolute atomic E-state index is 14.8. The maximum Gasteiger partial charge on any atom is 0.304 e. The van der Waals surface area contributed by atoms with Crippen molar-refractivity contribution in [2.24, 2.45) is 0 Å². The van der Waals surface area contributed by atoms with Crippen molar-refractivity contribution in [3.8, 4) is 5.75 Å². The van der Waals surface area contributed by atoms with Gasteiger partial charge in [0.2, 0.25) is 11.8 Å². The van der Waals surface area contributed by atoms with Crippen molar-refractivity contribution in [2.75, 3.05) is 39.1 Å². The first-order valence-corrected chi connectivity index (χ1v) is 13.6. The van der Waals surface area contributed by atoms with Crippen LogP contribution in [0.2, 0.25) is 0 Å². The molecule has 3 rings (SSSR count). The summed E-state index contributed by atoms with van der Waals surface area (Å²) >= 11 is 0. The Balaban J connectivity index is 2.09. The number of benzene rings is 3. The highest BCUT2D eigenvalue weighted by Gasteiger charge is 2.35. The van der Waals surface area contributed by atoms with Gasteiger partial charge in [0.15, 0.2) is 0 Å². The summed E-state index contributed by atoms with van der Waals surface area (Å²) in [5.74, 6) is -1.36. The second kappa shape index (κ2) is 13.2. The minimum atomic E-state index is -4.28. The molecule has 0 spiro atoms. The van der Waals surface area contributed by atoms with E-state index in [-0.39, 0.29) is 18.7 Å². The highest BCUT2D eigenvalue weighted by atomic mass is 32.2. The van der Waals surface area contributed by atoms with Gasteiger partial charge in [-0.25, -0.2) is 8.70 Å². The molecule has 1 atom stereocenters. The number of carbonyl (C=O) groups excluding carboxylic acids is 2. The zero-order valence-electron chi connectivity index (χ0n) is 22.4. The van der Waals surface area contributed by atoms with Gasteiger partial charge in [-0.05, 0) is 35.4 Å². The largest absolute Gasteiger partial charge is 0.497 e. The van der Waals surface area contributed by atoms with Gasteiger partial charge in [0.1, 0.15) is 24.2 Å². The van der Waals surface area contributed by atoms with E-state index in [2.05, 4.69) is 5.32 Å². The number of rotatable bonds is 12. The van der Waals surface area contributed by atoms with E-state index in [9.17, 15) is 22.4 Å². The number of hydrogen-bond donors (Lipinski definition) is 1. The summed E-state index contributed by atoms with van der Waals surface area (Å²) in [4.78, 5) is 28.5. The number of ether oxygens (including phenoxy) is 1. The molecule has 0 unspecified atom stereocenters. The number of carbonyl (C=O) groups is 2. The average Bonchev–Trinajstić information content (AvgIpc) is 2.94. The van der Waals surface area contributed by atoms with Crippen LogP contribution in [-0.2, 0) is 32.8 Å². The molecule has 39 heavy (non-hydrogen) atoms. The zero-order valence-corrected chi connectivity index (χ0v) is 23.2. The van der Waals surface area contributed by atoms with Crippen LogP contribution in [0.3, 0.4) is 0 Å². The molecule has 0 aromatic heterocycles. The highest BCUT2D eigenvalue weighted by Crippen LogP contribution is 2.25. The Morgan fingerprint density at radius 2 is 1.59 bits per heavy atom.